The predicted octanol–water partition coefficient (Wildman–Crippen LogP) is 2.83. The Hall–Kier alpha value is -2.85. The Morgan fingerprint density at radius 1 is 1.24 bits per heavy atom. The number of fused-ring (bicyclic) bond motifs is 1. The van der Waals surface area contributed by atoms with Gasteiger partial charge in [-0.05, 0) is 55.9 Å². The average Bonchev–Trinajstić information content (AvgIpc) is 3.58. The molecular weight excluding hydrogens is 439 g/mol. The summed E-state index contributed by atoms with van der Waals surface area (Å²) < 4.78 is 21.7. The summed E-state index contributed by atoms with van der Waals surface area (Å²) in [6.45, 7) is 6.92. The highest BCUT2D eigenvalue weighted by atomic mass is 19.1. The Morgan fingerprint density at radius 3 is 2.76 bits per heavy atom. The molecule has 3 aromatic rings. The molecule has 0 spiro atoms. The van der Waals surface area contributed by atoms with Crippen molar-refractivity contribution in [3.63, 3.8) is 0 Å². The molecule has 5 rings (SSSR count). The summed E-state index contributed by atoms with van der Waals surface area (Å²) in [6, 6.07) is 5.15. The zero-order chi connectivity index (χ0) is 23.8. The standard InChI is InChI=1S/C24H31FN6O3/c1-15(2)21-18-6-3-7-19(25)22(18)31(27-21)24-26-23(34-28-24)16-8-11-29(12-9-16)13-17-5-4-10-30(17)20(33)14-32/h3,6-7,15-17,32H,4-5,8-14H2,1-2H3/t17-/m1/s1. The van der Waals surface area contributed by atoms with Crippen LogP contribution in [0, 0.1) is 5.82 Å². The van der Waals surface area contributed by atoms with E-state index in [0.29, 0.717) is 11.4 Å². The number of piperidine rings is 1. The fourth-order valence-corrected chi connectivity index (χ4v) is 5.30. The number of aliphatic hydroxyl groups is 1. The highest BCUT2D eigenvalue weighted by Crippen LogP contribution is 2.31. The first-order chi connectivity index (χ1) is 16.5. The lowest BCUT2D eigenvalue weighted by Gasteiger charge is -2.34. The number of hydrogen-bond acceptors (Lipinski definition) is 7. The zero-order valence-electron chi connectivity index (χ0n) is 19.7. The van der Waals surface area contributed by atoms with Gasteiger partial charge in [-0.3, -0.25) is 4.79 Å². The summed E-state index contributed by atoms with van der Waals surface area (Å²) in [4.78, 5) is 20.7. The van der Waals surface area contributed by atoms with Gasteiger partial charge in [-0.15, -0.1) is 0 Å². The van der Waals surface area contributed by atoms with Crippen LogP contribution in [-0.2, 0) is 4.79 Å². The van der Waals surface area contributed by atoms with Gasteiger partial charge in [-0.25, -0.2) is 4.39 Å². The molecule has 0 saturated carbocycles. The lowest BCUT2D eigenvalue weighted by Crippen LogP contribution is -2.46. The molecule has 1 amide bonds. The Morgan fingerprint density at radius 2 is 2.03 bits per heavy atom. The van der Waals surface area contributed by atoms with Crippen LogP contribution in [0.3, 0.4) is 0 Å². The maximum atomic E-state index is 14.7. The van der Waals surface area contributed by atoms with E-state index in [0.717, 1.165) is 62.9 Å². The van der Waals surface area contributed by atoms with Crippen LogP contribution in [0.5, 0.6) is 0 Å². The maximum absolute atomic E-state index is 14.7. The van der Waals surface area contributed by atoms with E-state index in [4.69, 9.17) is 4.52 Å². The maximum Gasteiger partial charge on any atom is 0.291 e. The molecule has 2 fully saturated rings. The van der Waals surface area contributed by atoms with E-state index in [2.05, 4.69) is 20.1 Å². The second-order valence-corrected chi connectivity index (χ2v) is 9.64. The number of aliphatic hydroxyl groups excluding tert-OH is 1. The summed E-state index contributed by atoms with van der Waals surface area (Å²) in [6.07, 6.45) is 3.70. The molecule has 182 valence electrons. The summed E-state index contributed by atoms with van der Waals surface area (Å²) in [7, 11) is 0. The second-order valence-electron chi connectivity index (χ2n) is 9.64. The first-order valence-electron chi connectivity index (χ1n) is 12.1. The molecule has 9 nitrogen and oxygen atoms in total. The number of rotatable bonds is 6. The molecule has 2 aromatic heterocycles. The van der Waals surface area contributed by atoms with Crippen LogP contribution in [0.4, 0.5) is 4.39 Å². The van der Waals surface area contributed by atoms with Crippen LogP contribution >= 0.6 is 0 Å². The third kappa shape index (κ3) is 4.20. The number of para-hydroxylation sites is 1. The van der Waals surface area contributed by atoms with Gasteiger partial charge in [-0.2, -0.15) is 14.8 Å². The van der Waals surface area contributed by atoms with Gasteiger partial charge in [0.15, 0.2) is 0 Å². The molecule has 10 heteroatoms. The van der Waals surface area contributed by atoms with E-state index < -0.39 is 6.61 Å². The number of aromatic nitrogens is 4. The molecule has 1 N–H and O–H groups in total. The van der Waals surface area contributed by atoms with Gasteiger partial charge in [0, 0.05) is 30.4 Å². The molecule has 2 aliphatic rings. The molecule has 1 atom stereocenters. The van der Waals surface area contributed by atoms with E-state index in [1.165, 1.54) is 10.7 Å². The fraction of sp³-hybridized carbons (Fsp3) is 0.583. The molecule has 4 heterocycles. The molecular formula is C24H31FN6O3. The lowest BCUT2D eigenvalue weighted by molar-refractivity contribution is -0.135. The molecule has 2 saturated heterocycles. The minimum absolute atomic E-state index is 0.129. The Bertz CT molecular complexity index is 1170. The summed E-state index contributed by atoms with van der Waals surface area (Å²) >= 11 is 0. The fourth-order valence-electron chi connectivity index (χ4n) is 5.30. The topological polar surface area (TPSA) is 101 Å². The van der Waals surface area contributed by atoms with Crippen molar-refractivity contribution in [1.82, 2.24) is 29.7 Å². The van der Waals surface area contributed by atoms with E-state index in [1.54, 1.807) is 6.07 Å². The highest BCUT2D eigenvalue weighted by molar-refractivity contribution is 5.84. The molecule has 2 aliphatic heterocycles. The van der Waals surface area contributed by atoms with Crippen molar-refractivity contribution >= 4 is 16.8 Å². The third-order valence-electron chi connectivity index (χ3n) is 7.09. The van der Waals surface area contributed by atoms with Gasteiger partial charge in [0.05, 0.1) is 5.69 Å². The second kappa shape index (κ2) is 9.42. The third-order valence-corrected chi connectivity index (χ3v) is 7.09. The monoisotopic (exact) mass is 470 g/mol. The first kappa shape index (κ1) is 22.9. The number of halogens is 1. The molecule has 0 aliphatic carbocycles. The van der Waals surface area contributed by atoms with Crippen LogP contribution in [0.25, 0.3) is 16.9 Å². The zero-order valence-corrected chi connectivity index (χ0v) is 19.7. The van der Waals surface area contributed by atoms with Crippen LogP contribution in [0.2, 0.25) is 0 Å². The van der Waals surface area contributed by atoms with Gasteiger partial charge in [-0.1, -0.05) is 26.0 Å². The molecule has 1 aromatic carbocycles. The Labute approximate surface area is 197 Å². The Kier molecular flexibility index (Phi) is 6.35. The minimum atomic E-state index is -0.424. The van der Waals surface area contributed by atoms with Gasteiger partial charge in [0.1, 0.15) is 17.9 Å². The van der Waals surface area contributed by atoms with Crippen molar-refractivity contribution in [2.24, 2.45) is 0 Å². The SMILES string of the molecule is CC(C)c1nn(-c2noc(C3CCN(C[C@H]4CCCN4C(=O)CO)CC3)n2)c2c(F)cccc12. The van der Waals surface area contributed by atoms with Crippen LogP contribution in [0.15, 0.2) is 22.7 Å². The number of likely N-dealkylation sites (tertiary alicyclic amines) is 2. The minimum Gasteiger partial charge on any atom is -0.387 e. The van der Waals surface area contributed by atoms with Crippen molar-refractivity contribution in [3.8, 4) is 5.95 Å². The lowest BCUT2D eigenvalue weighted by atomic mass is 9.96. The normalized spacial score (nSPS) is 20.1. The van der Waals surface area contributed by atoms with Crippen molar-refractivity contribution in [2.75, 3.05) is 32.8 Å². The van der Waals surface area contributed by atoms with E-state index in [9.17, 15) is 14.3 Å². The van der Waals surface area contributed by atoms with Crippen LogP contribution in [-0.4, -0.2) is 79.6 Å². The van der Waals surface area contributed by atoms with Crippen molar-refractivity contribution in [3.05, 3.63) is 35.6 Å². The first-order valence-corrected chi connectivity index (χ1v) is 12.1. The molecule has 0 unspecified atom stereocenters. The largest absolute Gasteiger partial charge is 0.387 e. The van der Waals surface area contributed by atoms with Crippen molar-refractivity contribution in [2.45, 2.75) is 57.4 Å². The number of benzene rings is 1. The summed E-state index contributed by atoms with van der Waals surface area (Å²) in [5.74, 6) is 0.524. The van der Waals surface area contributed by atoms with Crippen LogP contribution in [0.1, 0.15) is 63.0 Å². The smallest absolute Gasteiger partial charge is 0.291 e. The summed E-state index contributed by atoms with van der Waals surface area (Å²) in [5.41, 5.74) is 1.17. The highest BCUT2D eigenvalue weighted by Gasteiger charge is 2.32. The van der Waals surface area contributed by atoms with E-state index in [-0.39, 0.29) is 35.6 Å². The van der Waals surface area contributed by atoms with Crippen molar-refractivity contribution < 1.29 is 18.8 Å². The Balaban J connectivity index is 1.28. The number of hydrogen-bond donors (Lipinski definition) is 1. The quantitative estimate of drug-likeness (QED) is 0.591. The predicted molar refractivity (Wildman–Crippen MR) is 123 cm³/mol. The molecule has 0 bridgehead atoms. The van der Waals surface area contributed by atoms with Gasteiger partial charge in [0.25, 0.3) is 5.95 Å². The molecule has 34 heavy (non-hydrogen) atoms. The van der Waals surface area contributed by atoms with Gasteiger partial charge >= 0.3 is 0 Å². The van der Waals surface area contributed by atoms with Gasteiger partial charge in [0.2, 0.25) is 11.8 Å². The van der Waals surface area contributed by atoms with Crippen LogP contribution < -0.4 is 0 Å². The average molecular weight is 471 g/mol. The molecule has 0 radical (unpaired) electrons. The van der Waals surface area contributed by atoms with E-state index >= 15 is 0 Å². The number of carbonyl (C=O) groups is 1. The van der Waals surface area contributed by atoms with Gasteiger partial charge < -0.3 is 19.4 Å². The summed E-state index contributed by atoms with van der Waals surface area (Å²) in [5, 5.41) is 18.7. The number of nitrogens with zero attached hydrogens (tertiary/aromatic N) is 6. The van der Waals surface area contributed by atoms with Crippen molar-refractivity contribution in [1.29, 1.82) is 0 Å². The number of amides is 1. The number of carbonyl (C=O) groups excluding carboxylic acids is 1. The van der Waals surface area contributed by atoms with E-state index in [1.807, 2.05) is 24.8 Å².